The number of hydrogen-bond acceptors (Lipinski definition) is 3. The van der Waals surface area contributed by atoms with E-state index in [4.69, 9.17) is 5.73 Å². The van der Waals surface area contributed by atoms with Crippen molar-refractivity contribution in [1.82, 2.24) is 4.98 Å². The van der Waals surface area contributed by atoms with Crippen LogP contribution in [0.3, 0.4) is 0 Å². The molecule has 1 amide bonds. The van der Waals surface area contributed by atoms with Crippen LogP contribution >= 0.6 is 0 Å². The van der Waals surface area contributed by atoms with Crippen molar-refractivity contribution in [2.45, 2.75) is 31.7 Å². The van der Waals surface area contributed by atoms with E-state index in [0.717, 1.165) is 28.8 Å². The van der Waals surface area contributed by atoms with Gasteiger partial charge in [-0.1, -0.05) is 6.07 Å². The van der Waals surface area contributed by atoms with Crippen molar-refractivity contribution in [3.8, 4) is 11.1 Å². The predicted octanol–water partition coefficient (Wildman–Crippen LogP) is 3.07. The van der Waals surface area contributed by atoms with Gasteiger partial charge in [0.05, 0.1) is 0 Å². The van der Waals surface area contributed by atoms with E-state index in [1.807, 2.05) is 25.5 Å². The molecular weight excluding hydrogens is 286 g/mol. The number of nitrogens with two attached hydrogens (primary N) is 1. The third kappa shape index (κ3) is 2.63. The Morgan fingerprint density at radius 1 is 1.17 bits per heavy atom. The van der Waals surface area contributed by atoms with Crippen LogP contribution in [0.25, 0.3) is 11.1 Å². The summed E-state index contributed by atoms with van der Waals surface area (Å²) >= 11 is 0. The number of aromatic nitrogens is 1. The van der Waals surface area contributed by atoms with Crippen molar-refractivity contribution in [3.63, 3.8) is 0 Å². The Kier molecular flexibility index (Phi) is 3.42. The number of rotatable bonds is 3. The molecule has 1 unspecified atom stereocenters. The number of fused-ring (bicyclic) bond motifs is 1. The van der Waals surface area contributed by atoms with Gasteiger partial charge in [-0.05, 0) is 60.1 Å². The molecule has 118 valence electrons. The summed E-state index contributed by atoms with van der Waals surface area (Å²) in [7, 11) is 1.84. The zero-order valence-corrected chi connectivity index (χ0v) is 13.3. The standard InChI is InChI=1S/C19H21N3O/c1-22-17-6-4-13(8-14(17)5-7-18(22)23)15-9-16(11-21-10-15)19(20)12-2-3-12/h4,6,8-12,19H,2-3,5,7,20H2,1H3. The van der Waals surface area contributed by atoms with E-state index in [0.29, 0.717) is 12.3 Å². The number of pyridine rings is 1. The molecule has 2 N–H and O–H groups in total. The van der Waals surface area contributed by atoms with Crippen LogP contribution in [0, 0.1) is 5.92 Å². The summed E-state index contributed by atoms with van der Waals surface area (Å²) in [6.07, 6.45) is 7.62. The number of aryl methyl sites for hydroxylation is 1. The molecule has 1 saturated carbocycles. The van der Waals surface area contributed by atoms with Crippen LogP contribution in [-0.4, -0.2) is 17.9 Å². The normalized spacial score (nSPS) is 18.7. The first-order valence-electron chi connectivity index (χ1n) is 8.24. The molecule has 1 fully saturated rings. The minimum Gasteiger partial charge on any atom is -0.324 e. The quantitative estimate of drug-likeness (QED) is 0.948. The van der Waals surface area contributed by atoms with Gasteiger partial charge in [-0.3, -0.25) is 9.78 Å². The third-order valence-electron chi connectivity index (χ3n) is 5.03. The SMILES string of the molecule is CN1C(=O)CCc2cc(-c3cncc(C(N)C4CC4)c3)ccc21. The zero-order chi connectivity index (χ0) is 16.0. The number of hydrogen-bond donors (Lipinski definition) is 1. The summed E-state index contributed by atoms with van der Waals surface area (Å²) in [6, 6.07) is 8.55. The zero-order valence-electron chi connectivity index (χ0n) is 13.3. The van der Waals surface area contributed by atoms with Gasteiger partial charge in [0.15, 0.2) is 0 Å². The maximum atomic E-state index is 11.8. The van der Waals surface area contributed by atoms with Crippen molar-refractivity contribution in [1.29, 1.82) is 0 Å². The highest BCUT2D eigenvalue weighted by atomic mass is 16.2. The predicted molar refractivity (Wildman–Crippen MR) is 91.1 cm³/mol. The van der Waals surface area contributed by atoms with Gasteiger partial charge in [-0.25, -0.2) is 0 Å². The van der Waals surface area contributed by atoms with Crippen LogP contribution in [0.4, 0.5) is 5.69 Å². The molecule has 23 heavy (non-hydrogen) atoms. The van der Waals surface area contributed by atoms with Crippen molar-refractivity contribution in [2.24, 2.45) is 11.7 Å². The molecule has 0 spiro atoms. The van der Waals surface area contributed by atoms with E-state index < -0.39 is 0 Å². The Balaban J connectivity index is 1.68. The van der Waals surface area contributed by atoms with E-state index in [9.17, 15) is 4.79 Å². The fourth-order valence-corrected chi connectivity index (χ4v) is 3.36. The van der Waals surface area contributed by atoms with Gasteiger partial charge in [0, 0.05) is 43.2 Å². The van der Waals surface area contributed by atoms with Gasteiger partial charge in [0.1, 0.15) is 0 Å². The van der Waals surface area contributed by atoms with Crippen molar-refractivity contribution in [3.05, 3.63) is 47.8 Å². The largest absolute Gasteiger partial charge is 0.324 e. The van der Waals surface area contributed by atoms with Crippen LogP contribution in [0.15, 0.2) is 36.7 Å². The second-order valence-corrected chi connectivity index (χ2v) is 6.67. The summed E-state index contributed by atoms with van der Waals surface area (Å²) in [6.45, 7) is 0. The van der Waals surface area contributed by atoms with Crippen LogP contribution in [0.2, 0.25) is 0 Å². The highest BCUT2D eigenvalue weighted by molar-refractivity contribution is 5.96. The van der Waals surface area contributed by atoms with Gasteiger partial charge >= 0.3 is 0 Å². The number of carbonyl (C=O) groups excluding carboxylic acids is 1. The Morgan fingerprint density at radius 3 is 2.78 bits per heavy atom. The highest BCUT2D eigenvalue weighted by Gasteiger charge is 2.29. The monoisotopic (exact) mass is 307 g/mol. The van der Waals surface area contributed by atoms with Crippen molar-refractivity contribution in [2.75, 3.05) is 11.9 Å². The van der Waals surface area contributed by atoms with Gasteiger partial charge in [0.25, 0.3) is 0 Å². The fourth-order valence-electron chi connectivity index (χ4n) is 3.36. The molecule has 1 aliphatic heterocycles. The molecule has 1 atom stereocenters. The average molecular weight is 307 g/mol. The average Bonchev–Trinajstić information content (AvgIpc) is 3.42. The number of nitrogens with zero attached hydrogens (tertiary/aromatic N) is 2. The van der Waals surface area contributed by atoms with E-state index in [-0.39, 0.29) is 11.9 Å². The summed E-state index contributed by atoms with van der Waals surface area (Å²) in [5.74, 6) is 0.805. The van der Waals surface area contributed by atoms with Crippen molar-refractivity contribution < 1.29 is 4.79 Å². The van der Waals surface area contributed by atoms with Gasteiger partial charge < -0.3 is 10.6 Å². The van der Waals surface area contributed by atoms with Crippen LogP contribution in [0.1, 0.15) is 36.4 Å². The molecule has 0 radical (unpaired) electrons. The molecule has 2 heterocycles. The lowest BCUT2D eigenvalue weighted by molar-refractivity contribution is -0.118. The highest BCUT2D eigenvalue weighted by Crippen LogP contribution is 2.40. The molecular formula is C19H21N3O. The molecule has 0 bridgehead atoms. The van der Waals surface area contributed by atoms with Gasteiger partial charge in [-0.2, -0.15) is 0 Å². The maximum absolute atomic E-state index is 11.8. The second-order valence-electron chi connectivity index (χ2n) is 6.67. The van der Waals surface area contributed by atoms with E-state index in [1.54, 1.807) is 4.90 Å². The number of carbonyl (C=O) groups is 1. The molecule has 1 aliphatic carbocycles. The topological polar surface area (TPSA) is 59.2 Å². The first-order chi connectivity index (χ1) is 11.1. The minimum atomic E-state index is 0.101. The lowest BCUT2D eigenvalue weighted by Gasteiger charge is -2.26. The van der Waals surface area contributed by atoms with E-state index in [2.05, 4.69) is 23.2 Å². The molecule has 0 saturated heterocycles. The lowest BCUT2D eigenvalue weighted by atomic mass is 9.95. The molecule has 1 aromatic heterocycles. The van der Waals surface area contributed by atoms with Crippen LogP contribution in [-0.2, 0) is 11.2 Å². The molecule has 4 heteroatoms. The Hall–Kier alpha value is -2.20. The lowest BCUT2D eigenvalue weighted by Crippen LogP contribution is -2.30. The molecule has 1 aromatic carbocycles. The molecule has 4 rings (SSSR count). The molecule has 2 aromatic rings. The van der Waals surface area contributed by atoms with E-state index >= 15 is 0 Å². The summed E-state index contributed by atoms with van der Waals surface area (Å²) in [5.41, 5.74) is 11.9. The number of amides is 1. The summed E-state index contributed by atoms with van der Waals surface area (Å²) in [4.78, 5) is 17.9. The third-order valence-corrected chi connectivity index (χ3v) is 5.03. The van der Waals surface area contributed by atoms with Crippen LogP contribution < -0.4 is 10.6 Å². The smallest absolute Gasteiger partial charge is 0.227 e. The van der Waals surface area contributed by atoms with Crippen molar-refractivity contribution >= 4 is 11.6 Å². The van der Waals surface area contributed by atoms with Gasteiger partial charge in [0.2, 0.25) is 5.91 Å². The fraction of sp³-hybridized carbons (Fsp3) is 0.368. The second kappa shape index (κ2) is 5.46. The molecule has 4 nitrogen and oxygen atoms in total. The number of benzene rings is 1. The molecule has 2 aliphatic rings. The van der Waals surface area contributed by atoms with Crippen LogP contribution in [0.5, 0.6) is 0 Å². The minimum absolute atomic E-state index is 0.101. The first kappa shape index (κ1) is 14.4. The summed E-state index contributed by atoms with van der Waals surface area (Å²) < 4.78 is 0. The maximum Gasteiger partial charge on any atom is 0.227 e. The Labute approximate surface area is 136 Å². The number of anilines is 1. The van der Waals surface area contributed by atoms with Gasteiger partial charge in [-0.15, -0.1) is 0 Å². The summed E-state index contributed by atoms with van der Waals surface area (Å²) in [5, 5.41) is 0. The first-order valence-corrected chi connectivity index (χ1v) is 8.24. The Morgan fingerprint density at radius 2 is 2.00 bits per heavy atom. The van der Waals surface area contributed by atoms with E-state index in [1.165, 1.54) is 18.4 Å². The Bertz CT molecular complexity index is 767.